The summed E-state index contributed by atoms with van der Waals surface area (Å²) in [6, 6.07) is 2.60. The van der Waals surface area contributed by atoms with Crippen molar-refractivity contribution in [1.29, 1.82) is 0 Å². The maximum atomic E-state index is 13.8. The Morgan fingerprint density at radius 2 is 2.00 bits per heavy atom. The summed E-state index contributed by atoms with van der Waals surface area (Å²) in [5, 5.41) is 6.57. The third kappa shape index (κ3) is 2.46. The van der Waals surface area contributed by atoms with Gasteiger partial charge in [-0.1, -0.05) is 6.07 Å². The highest BCUT2D eigenvalue weighted by Crippen LogP contribution is 2.35. The molecule has 9 heteroatoms. The van der Waals surface area contributed by atoms with Crippen LogP contribution in [-0.2, 0) is 10.9 Å². The molecule has 0 aliphatic heterocycles. The van der Waals surface area contributed by atoms with Gasteiger partial charge in [-0.3, -0.25) is 0 Å². The number of methoxy groups -OCH3 is 1. The summed E-state index contributed by atoms with van der Waals surface area (Å²) in [5.41, 5.74) is -2.02. The molecule has 1 heterocycles. The van der Waals surface area contributed by atoms with Crippen LogP contribution in [-0.4, -0.2) is 23.3 Å². The van der Waals surface area contributed by atoms with Gasteiger partial charge >= 0.3 is 18.0 Å². The fourth-order valence-corrected chi connectivity index (χ4v) is 1.42. The molecule has 0 atom stereocenters. The van der Waals surface area contributed by atoms with Crippen LogP contribution in [0.3, 0.4) is 0 Å². The monoisotopic (exact) mass is 290 g/mol. The molecule has 20 heavy (non-hydrogen) atoms. The van der Waals surface area contributed by atoms with Gasteiger partial charge < -0.3 is 9.15 Å². The lowest BCUT2D eigenvalue weighted by atomic mass is 10.1. The minimum Gasteiger partial charge on any atom is -0.462 e. The normalized spacial score (nSPS) is 11.4. The van der Waals surface area contributed by atoms with Crippen LogP contribution < -0.4 is 0 Å². The van der Waals surface area contributed by atoms with Crippen LogP contribution in [0, 0.1) is 5.82 Å². The lowest BCUT2D eigenvalue weighted by Gasteiger charge is -2.08. The fraction of sp³-hybridized carbons (Fsp3) is 0.182. The van der Waals surface area contributed by atoms with E-state index in [1.54, 1.807) is 0 Å². The molecule has 1 aromatic carbocycles. The second-order valence-electron chi connectivity index (χ2n) is 3.57. The highest BCUT2D eigenvalue weighted by molar-refractivity contribution is 5.84. The van der Waals surface area contributed by atoms with Crippen molar-refractivity contribution in [3.05, 3.63) is 35.5 Å². The Hall–Kier alpha value is -2.45. The zero-order chi connectivity index (χ0) is 14.9. The van der Waals surface area contributed by atoms with Crippen molar-refractivity contribution < 1.29 is 31.5 Å². The Morgan fingerprint density at radius 3 is 2.60 bits per heavy atom. The molecule has 0 saturated heterocycles. The van der Waals surface area contributed by atoms with Gasteiger partial charge in [-0.2, -0.15) is 13.2 Å². The zero-order valence-corrected chi connectivity index (χ0v) is 9.86. The Bertz CT molecular complexity index is 651. The van der Waals surface area contributed by atoms with Gasteiger partial charge in [0, 0.05) is 0 Å². The number of carbonyl (C=O) groups excluding carboxylic acids is 1. The first kappa shape index (κ1) is 14.0. The summed E-state index contributed by atoms with van der Waals surface area (Å²) in [7, 11) is 1.05. The minimum atomic E-state index is -4.86. The Morgan fingerprint density at radius 1 is 1.30 bits per heavy atom. The molecule has 0 aliphatic rings. The van der Waals surface area contributed by atoms with Crippen LogP contribution in [0.5, 0.6) is 0 Å². The number of benzene rings is 1. The highest BCUT2D eigenvalue weighted by atomic mass is 19.4. The maximum absolute atomic E-state index is 13.8. The van der Waals surface area contributed by atoms with E-state index in [0.717, 1.165) is 19.2 Å². The van der Waals surface area contributed by atoms with Crippen LogP contribution in [0.2, 0.25) is 0 Å². The van der Waals surface area contributed by atoms with E-state index in [1.807, 2.05) is 0 Å². The first-order chi connectivity index (χ1) is 9.34. The zero-order valence-electron chi connectivity index (χ0n) is 9.86. The van der Waals surface area contributed by atoms with Crippen LogP contribution in [0.25, 0.3) is 11.5 Å². The number of aromatic nitrogens is 2. The quantitative estimate of drug-likeness (QED) is 0.628. The second-order valence-corrected chi connectivity index (χ2v) is 3.57. The Labute approximate surface area is 109 Å². The molecular formula is C11H6F4N2O3. The number of hydrogen-bond donors (Lipinski definition) is 0. The van der Waals surface area contributed by atoms with E-state index in [2.05, 4.69) is 14.9 Å². The average molecular weight is 290 g/mol. The SMILES string of the molecule is COC(=O)c1nnc(-c2cccc(C(F)(F)F)c2F)o1. The molecule has 5 nitrogen and oxygen atoms in total. The topological polar surface area (TPSA) is 65.2 Å². The summed E-state index contributed by atoms with van der Waals surface area (Å²) in [6.07, 6.45) is -4.86. The first-order valence-corrected chi connectivity index (χ1v) is 5.12. The van der Waals surface area contributed by atoms with E-state index < -0.39 is 40.9 Å². The lowest BCUT2D eigenvalue weighted by molar-refractivity contribution is -0.139. The van der Waals surface area contributed by atoms with Crippen LogP contribution in [0.1, 0.15) is 16.2 Å². The molecule has 0 aliphatic carbocycles. The molecule has 2 rings (SSSR count). The van der Waals surface area contributed by atoms with E-state index in [1.165, 1.54) is 0 Å². The van der Waals surface area contributed by atoms with Crippen LogP contribution >= 0.6 is 0 Å². The number of hydrogen-bond acceptors (Lipinski definition) is 5. The van der Waals surface area contributed by atoms with Crippen molar-refractivity contribution in [3.63, 3.8) is 0 Å². The van der Waals surface area contributed by atoms with E-state index in [-0.39, 0.29) is 0 Å². The van der Waals surface area contributed by atoms with Crippen LogP contribution in [0.4, 0.5) is 17.6 Å². The van der Waals surface area contributed by atoms with Crippen molar-refractivity contribution >= 4 is 5.97 Å². The van der Waals surface area contributed by atoms with E-state index >= 15 is 0 Å². The fourth-order valence-electron chi connectivity index (χ4n) is 1.42. The van der Waals surface area contributed by atoms with Gasteiger partial charge in [-0.25, -0.2) is 9.18 Å². The van der Waals surface area contributed by atoms with Gasteiger partial charge in [-0.15, -0.1) is 10.2 Å². The summed E-state index contributed by atoms with van der Waals surface area (Å²) in [6.45, 7) is 0. The first-order valence-electron chi connectivity index (χ1n) is 5.12. The number of esters is 1. The van der Waals surface area contributed by atoms with Crippen LogP contribution in [0.15, 0.2) is 22.6 Å². The molecule has 1 aromatic heterocycles. The molecule has 0 fully saturated rings. The average Bonchev–Trinajstić information content (AvgIpc) is 2.86. The van der Waals surface area contributed by atoms with Crippen molar-refractivity contribution in [2.75, 3.05) is 7.11 Å². The maximum Gasteiger partial charge on any atom is 0.419 e. The largest absolute Gasteiger partial charge is 0.462 e. The Kier molecular flexibility index (Phi) is 3.43. The van der Waals surface area contributed by atoms with Crippen molar-refractivity contribution in [1.82, 2.24) is 10.2 Å². The van der Waals surface area contributed by atoms with E-state index in [9.17, 15) is 22.4 Å². The van der Waals surface area contributed by atoms with Gasteiger partial charge in [-0.05, 0) is 12.1 Å². The molecule has 0 bridgehead atoms. The smallest absolute Gasteiger partial charge is 0.419 e. The number of carbonyl (C=O) groups is 1. The summed E-state index contributed by atoms with van der Waals surface area (Å²) >= 11 is 0. The van der Waals surface area contributed by atoms with Crippen molar-refractivity contribution in [3.8, 4) is 11.5 Å². The predicted molar refractivity (Wildman–Crippen MR) is 56.0 cm³/mol. The van der Waals surface area contributed by atoms with E-state index in [4.69, 9.17) is 4.42 Å². The molecule has 0 spiro atoms. The number of nitrogens with zero attached hydrogens (tertiary/aromatic N) is 2. The molecule has 0 radical (unpaired) electrons. The molecule has 0 saturated carbocycles. The number of ether oxygens (including phenoxy) is 1. The summed E-state index contributed by atoms with van der Waals surface area (Å²) in [5.74, 6) is -3.66. The molecule has 0 amide bonds. The van der Waals surface area contributed by atoms with Gasteiger partial charge in [0.1, 0.15) is 5.82 Å². The van der Waals surface area contributed by atoms with Crippen molar-refractivity contribution in [2.24, 2.45) is 0 Å². The number of rotatable bonds is 2. The molecule has 0 unspecified atom stereocenters. The van der Waals surface area contributed by atoms with Gasteiger partial charge in [0.15, 0.2) is 0 Å². The molecular weight excluding hydrogens is 284 g/mol. The molecule has 0 N–H and O–H groups in total. The van der Waals surface area contributed by atoms with Gasteiger partial charge in [0.05, 0.1) is 18.2 Å². The van der Waals surface area contributed by atoms with Gasteiger partial charge in [0.25, 0.3) is 5.89 Å². The van der Waals surface area contributed by atoms with Crippen molar-refractivity contribution in [2.45, 2.75) is 6.18 Å². The third-order valence-electron chi connectivity index (χ3n) is 2.32. The third-order valence-corrected chi connectivity index (χ3v) is 2.32. The van der Waals surface area contributed by atoms with E-state index in [0.29, 0.717) is 6.07 Å². The predicted octanol–water partition coefficient (Wildman–Crippen LogP) is 2.68. The molecule has 106 valence electrons. The summed E-state index contributed by atoms with van der Waals surface area (Å²) < 4.78 is 60.5. The number of alkyl halides is 3. The summed E-state index contributed by atoms with van der Waals surface area (Å²) in [4.78, 5) is 11.1. The second kappa shape index (κ2) is 4.91. The highest BCUT2D eigenvalue weighted by Gasteiger charge is 2.35. The van der Waals surface area contributed by atoms with Gasteiger partial charge in [0.2, 0.25) is 0 Å². The lowest BCUT2D eigenvalue weighted by Crippen LogP contribution is -2.08. The molecule has 2 aromatic rings. The standard InChI is InChI=1S/C11H6F4N2O3/c1-19-10(18)9-17-16-8(20-9)5-3-2-4-6(7(5)12)11(13,14)15/h2-4H,1H3. The Balaban J connectivity index is 2.49. The minimum absolute atomic E-state index is 0.547. The number of halogens is 4.